The Labute approximate surface area is 78.0 Å². The van der Waals surface area contributed by atoms with Gasteiger partial charge in [0.15, 0.2) is 0 Å². The van der Waals surface area contributed by atoms with Gasteiger partial charge in [-0.2, -0.15) is 13.2 Å². The lowest BCUT2D eigenvalue weighted by molar-refractivity contribution is -0.127. The Morgan fingerprint density at radius 1 is 1.29 bits per heavy atom. The Hall–Kier alpha value is -1.52. The van der Waals surface area contributed by atoms with Gasteiger partial charge in [0, 0.05) is 0 Å². The smallest absolute Gasteiger partial charge is 0.393 e. The first-order valence-electron chi connectivity index (χ1n) is 3.78. The first-order valence-corrected chi connectivity index (χ1v) is 3.78. The molecule has 0 aliphatic carbocycles. The Kier molecular flexibility index (Phi) is 2.78. The molecule has 0 aliphatic rings. The van der Waals surface area contributed by atoms with E-state index in [2.05, 4.69) is 0 Å². The summed E-state index contributed by atoms with van der Waals surface area (Å²) in [5.74, 6) is -1.34. The zero-order valence-electron chi connectivity index (χ0n) is 7.01. The molecule has 0 amide bonds. The molecule has 0 heterocycles. The monoisotopic (exact) mass is 204 g/mol. The number of carboxylic acids is 1. The molecule has 0 saturated heterocycles. The number of carboxylic acid groups (broad SMARTS) is 1. The molecule has 0 radical (unpaired) electrons. The second-order valence-electron chi connectivity index (χ2n) is 2.75. The highest BCUT2D eigenvalue weighted by Crippen LogP contribution is 2.23. The summed E-state index contributed by atoms with van der Waals surface area (Å²) in [4.78, 5) is 10.5. The van der Waals surface area contributed by atoms with Crippen LogP contribution in [0.25, 0.3) is 0 Å². The van der Waals surface area contributed by atoms with Crippen LogP contribution in [0, 0.1) is 0 Å². The van der Waals surface area contributed by atoms with Gasteiger partial charge in [0.05, 0.1) is 12.0 Å². The van der Waals surface area contributed by atoms with Gasteiger partial charge in [-0.3, -0.25) is 0 Å². The Bertz CT molecular complexity index is 344. The molecule has 0 spiro atoms. The fraction of sp³-hybridized carbons (Fsp3) is 0.222. The highest BCUT2D eigenvalue weighted by atomic mass is 19.4. The zero-order chi connectivity index (χ0) is 10.8. The van der Waals surface area contributed by atoms with Gasteiger partial charge in [-0.1, -0.05) is 18.2 Å². The summed E-state index contributed by atoms with van der Waals surface area (Å²) in [6, 6.07) is 5.09. The van der Waals surface area contributed by atoms with Gasteiger partial charge in [0.1, 0.15) is 0 Å². The zero-order valence-corrected chi connectivity index (χ0v) is 7.01. The number of hydrogen-bond donors (Lipinski definition) is 1. The minimum Gasteiger partial charge on any atom is -0.478 e. The van der Waals surface area contributed by atoms with Crippen LogP contribution in [0.1, 0.15) is 15.9 Å². The molecule has 1 rings (SSSR count). The Balaban J connectivity index is 3.02. The van der Waals surface area contributed by atoms with Gasteiger partial charge >= 0.3 is 12.1 Å². The minimum absolute atomic E-state index is 0.215. The highest BCUT2D eigenvalue weighted by molar-refractivity contribution is 5.89. The molecular weight excluding hydrogens is 197 g/mol. The standard InChI is InChI=1S/C9H7F3O2/c10-9(11,12)5-6-3-1-2-4-7(6)8(13)14/h1-4H,5H2,(H,13,14). The van der Waals surface area contributed by atoms with Crippen molar-refractivity contribution in [3.63, 3.8) is 0 Å². The third-order valence-corrected chi connectivity index (χ3v) is 1.64. The number of benzene rings is 1. The van der Waals surface area contributed by atoms with Crippen molar-refractivity contribution < 1.29 is 23.1 Å². The molecular formula is C9H7F3O2. The van der Waals surface area contributed by atoms with Crippen LogP contribution in [0.3, 0.4) is 0 Å². The maximum atomic E-state index is 12.0. The maximum absolute atomic E-state index is 12.0. The van der Waals surface area contributed by atoms with Gasteiger partial charge in [0.25, 0.3) is 0 Å². The average Bonchev–Trinajstić information content (AvgIpc) is 2.01. The molecule has 2 nitrogen and oxygen atoms in total. The predicted octanol–water partition coefficient (Wildman–Crippen LogP) is 2.49. The van der Waals surface area contributed by atoms with Crippen LogP contribution in [0.2, 0.25) is 0 Å². The van der Waals surface area contributed by atoms with Gasteiger partial charge in [-0.05, 0) is 11.6 Å². The summed E-state index contributed by atoms with van der Waals surface area (Å²) >= 11 is 0. The molecule has 0 atom stereocenters. The highest BCUT2D eigenvalue weighted by Gasteiger charge is 2.29. The minimum atomic E-state index is -4.38. The molecule has 0 unspecified atom stereocenters. The first kappa shape index (κ1) is 10.6. The molecule has 14 heavy (non-hydrogen) atoms. The van der Waals surface area contributed by atoms with Gasteiger partial charge in [-0.15, -0.1) is 0 Å². The van der Waals surface area contributed by atoms with Crippen LogP contribution in [-0.2, 0) is 6.42 Å². The van der Waals surface area contributed by atoms with E-state index in [1.165, 1.54) is 12.1 Å². The fourth-order valence-electron chi connectivity index (χ4n) is 1.10. The largest absolute Gasteiger partial charge is 0.478 e. The Morgan fingerprint density at radius 2 is 1.86 bits per heavy atom. The van der Waals surface area contributed by atoms with E-state index in [-0.39, 0.29) is 11.1 Å². The molecule has 1 aromatic rings. The van der Waals surface area contributed by atoms with Crippen LogP contribution in [0.15, 0.2) is 24.3 Å². The van der Waals surface area contributed by atoms with Crippen molar-refractivity contribution in [2.75, 3.05) is 0 Å². The van der Waals surface area contributed by atoms with Crippen molar-refractivity contribution in [3.05, 3.63) is 35.4 Å². The van der Waals surface area contributed by atoms with Crippen LogP contribution in [0.4, 0.5) is 13.2 Å². The lowest BCUT2D eigenvalue weighted by Crippen LogP contribution is -2.14. The van der Waals surface area contributed by atoms with Crippen LogP contribution in [-0.4, -0.2) is 17.3 Å². The molecule has 0 fully saturated rings. The average molecular weight is 204 g/mol. The van der Waals surface area contributed by atoms with E-state index in [1.54, 1.807) is 0 Å². The van der Waals surface area contributed by atoms with E-state index in [0.29, 0.717) is 0 Å². The van der Waals surface area contributed by atoms with Crippen LogP contribution < -0.4 is 0 Å². The van der Waals surface area contributed by atoms with Crippen molar-refractivity contribution in [3.8, 4) is 0 Å². The molecule has 0 aliphatic heterocycles. The number of hydrogen-bond acceptors (Lipinski definition) is 1. The number of halogens is 3. The molecule has 0 bridgehead atoms. The van der Waals surface area contributed by atoms with Crippen LogP contribution >= 0.6 is 0 Å². The summed E-state index contributed by atoms with van der Waals surface area (Å²) < 4.78 is 36.0. The third kappa shape index (κ3) is 2.76. The normalized spacial score (nSPS) is 11.4. The fourth-order valence-corrected chi connectivity index (χ4v) is 1.10. The number of aromatic carboxylic acids is 1. The lowest BCUT2D eigenvalue weighted by Gasteiger charge is -2.08. The summed E-state index contributed by atoms with van der Waals surface area (Å²) in [6.07, 6.45) is -5.60. The second-order valence-corrected chi connectivity index (χ2v) is 2.75. The number of alkyl halides is 3. The van der Waals surface area contributed by atoms with E-state index in [9.17, 15) is 18.0 Å². The second kappa shape index (κ2) is 3.69. The molecule has 1 aromatic carbocycles. The van der Waals surface area contributed by atoms with Gasteiger partial charge < -0.3 is 5.11 Å². The van der Waals surface area contributed by atoms with E-state index in [1.807, 2.05) is 0 Å². The van der Waals surface area contributed by atoms with Crippen molar-refractivity contribution in [1.82, 2.24) is 0 Å². The SMILES string of the molecule is O=C(O)c1ccccc1CC(F)(F)F. The van der Waals surface area contributed by atoms with Crippen molar-refractivity contribution in [1.29, 1.82) is 0 Å². The van der Waals surface area contributed by atoms with Crippen LogP contribution in [0.5, 0.6) is 0 Å². The molecule has 0 saturated carbocycles. The van der Waals surface area contributed by atoms with E-state index in [0.717, 1.165) is 12.1 Å². The predicted molar refractivity (Wildman–Crippen MR) is 43.2 cm³/mol. The third-order valence-electron chi connectivity index (χ3n) is 1.64. The molecule has 5 heteroatoms. The molecule has 76 valence electrons. The van der Waals surface area contributed by atoms with Crippen molar-refractivity contribution in [2.45, 2.75) is 12.6 Å². The van der Waals surface area contributed by atoms with Crippen molar-refractivity contribution >= 4 is 5.97 Å². The summed E-state index contributed by atoms with van der Waals surface area (Å²) in [5.41, 5.74) is -0.516. The van der Waals surface area contributed by atoms with E-state index in [4.69, 9.17) is 5.11 Å². The number of carbonyl (C=O) groups is 1. The quantitative estimate of drug-likeness (QED) is 0.803. The molecule has 1 N–H and O–H groups in total. The molecule has 0 aromatic heterocycles. The van der Waals surface area contributed by atoms with Gasteiger partial charge in [-0.25, -0.2) is 4.79 Å². The van der Waals surface area contributed by atoms with E-state index < -0.39 is 18.6 Å². The Morgan fingerprint density at radius 3 is 2.36 bits per heavy atom. The number of rotatable bonds is 2. The summed E-state index contributed by atoms with van der Waals surface area (Å²) in [5, 5.41) is 8.60. The summed E-state index contributed by atoms with van der Waals surface area (Å²) in [6.45, 7) is 0. The first-order chi connectivity index (χ1) is 6.40. The maximum Gasteiger partial charge on any atom is 0.393 e. The van der Waals surface area contributed by atoms with Crippen molar-refractivity contribution in [2.24, 2.45) is 0 Å². The topological polar surface area (TPSA) is 37.3 Å². The van der Waals surface area contributed by atoms with E-state index >= 15 is 0 Å². The summed E-state index contributed by atoms with van der Waals surface area (Å²) in [7, 11) is 0. The van der Waals surface area contributed by atoms with Gasteiger partial charge in [0.2, 0.25) is 0 Å². The lowest BCUT2D eigenvalue weighted by atomic mass is 10.0.